The molecule has 1 N–H and O–H groups in total. The molecule has 3 aromatic rings. The van der Waals surface area contributed by atoms with E-state index < -0.39 is 0 Å². The van der Waals surface area contributed by atoms with Gasteiger partial charge in [-0.15, -0.1) is 11.3 Å². The SMILES string of the molecule is CCC(C)C1(C(O)CC2c3ccccc3-c3cncn32)CCC(OCc2cccs2)CC1. The minimum Gasteiger partial charge on any atom is -0.392 e. The quantitative estimate of drug-likeness (QED) is 0.428. The van der Waals surface area contributed by atoms with Gasteiger partial charge in [-0.3, -0.25) is 0 Å². The Morgan fingerprint density at radius 3 is 2.78 bits per heavy atom. The molecule has 0 bridgehead atoms. The van der Waals surface area contributed by atoms with E-state index in [0.29, 0.717) is 18.6 Å². The van der Waals surface area contributed by atoms with Crippen LogP contribution < -0.4 is 0 Å². The van der Waals surface area contributed by atoms with Crippen molar-refractivity contribution in [2.24, 2.45) is 11.3 Å². The Bertz CT molecular complexity index is 1020. The second kappa shape index (κ2) is 9.12. The molecule has 1 fully saturated rings. The van der Waals surface area contributed by atoms with Gasteiger partial charge in [-0.05, 0) is 60.4 Å². The third-order valence-electron chi connectivity index (χ3n) is 8.21. The normalized spacial score (nSPS) is 26.5. The third-order valence-corrected chi connectivity index (χ3v) is 9.06. The molecule has 1 aromatic carbocycles. The summed E-state index contributed by atoms with van der Waals surface area (Å²) in [6, 6.07) is 13.0. The van der Waals surface area contributed by atoms with Crippen molar-refractivity contribution in [1.82, 2.24) is 9.55 Å². The molecule has 0 amide bonds. The lowest BCUT2D eigenvalue weighted by Crippen LogP contribution is -2.45. The van der Waals surface area contributed by atoms with Crippen LogP contribution in [0.25, 0.3) is 11.3 Å². The number of nitrogens with zero attached hydrogens (tertiary/aromatic N) is 2. The maximum atomic E-state index is 11.8. The van der Waals surface area contributed by atoms with Crippen molar-refractivity contribution in [2.45, 2.75) is 77.2 Å². The summed E-state index contributed by atoms with van der Waals surface area (Å²) in [5, 5.41) is 13.9. The van der Waals surface area contributed by atoms with Gasteiger partial charge in [0.2, 0.25) is 0 Å². The van der Waals surface area contributed by atoms with Crippen LogP contribution in [-0.4, -0.2) is 26.9 Å². The molecule has 5 rings (SSSR count). The fourth-order valence-electron chi connectivity index (χ4n) is 6.07. The van der Waals surface area contributed by atoms with E-state index in [0.717, 1.165) is 38.5 Å². The minimum atomic E-state index is -0.345. The predicted octanol–water partition coefficient (Wildman–Crippen LogP) is 6.46. The highest BCUT2D eigenvalue weighted by Crippen LogP contribution is 2.51. The van der Waals surface area contributed by atoms with E-state index in [1.807, 2.05) is 12.5 Å². The van der Waals surface area contributed by atoms with Gasteiger partial charge in [-0.2, -0.15) is 0 Å². The maximum Gasteiger partial charge on any atom is 0.0956 e. The highest BCUT2D eigenvalue weighted by atomic mass is 32.1. The summed E-state index contributed by atoms with van der Waals surface area (Å²) in [7, 11) is 0. The highest BCUT2D eigenvalue weighted by molar-refractivity contribution is 7.09. The van der Waals surface area contributed by atoms with Crippen molar-refractivity contribution in [2.75, 3.05) is 0 Å². The van der Waals surface area contributed by atoms with Crippen molar-refractivity contribution in [3.05, 3.63) is 64.7 Å². The second-order valence-corrected chi connectivity index (χ2v) is 10.7. The van der Waals surface area contributed by atoms with Gasteiger partial charge >= 0.3 is 0 Å². The maximum absolute atomic E-state index is 11.8. The van der Waals surface area contributed by atoms with Crippen molar-refractivity contribution in [1.29, 1.82) is 0 Å². The van der Waals surface area contributed by atoms with Crippen LogP contribution >= 0.6 is 11.3 Å². The number of aliphatic hydroxyl groups excluding tert-OH is 1. The standard InChI is InChI=1S/C27H34N2O2S/c1-3-19(2)27(12-10-20(11-13-27)31-17-21-7-6-14-32-21)26(30)15-24-22-8-4-5-9-23(22)25-16-28-18-29(24)25/h4-9,14,16,18-20,24,26,30H,3,10-13,15,17H2,1-2H3. The van der Waals surface area contributed by atoms with Crippen LogP contribution in [0.2, 0.25) is 0 Å². The van der Waals surface area contributed by atoms with Crippen molar-refractivity contribution in [3.8, 4) is 11.3 Å². The Kier molecular flexibility index (Phi) is 6.24. The van der Waals surface area contributed by atoms with Gasteiger partial charge in [0.05, 0.1) is 43.1 Å². The molecular weight excluding hydrogens is 416 g/mol. The number of thiophene rings is 1. The molecule has 4 nitrogen and oxygen atoms in total. The first kappa shape index (κ1) is 21.9. The molecule has 0 saturated heterocycles. The smallest absolute Gasteiger partial charge is 0.0956 e. The average Bonchev–Trinajstić information content (AvgIpc) is 3.57. The summed E-state index contributed by atoms with van der Waals surface area (Å²) in [5.41, 5.74) is 3.69. The lowest BCUT2D eigenvalue weighted by molar-refractivity contribution is -0.0893. The van der Waals surface area contributed by atoms with Crippen LogP contribution in [0.3, 0.4) is 0 Å². The van der Waals surface area contributed by atoms with E-state index in [-0.39, 0.29) is 17.6 Å². The first-order valence-corrected chi connectivity index (χ1v) is 12.9. The largest absolute Gasteiger partial charge is 0.392 e. The van der Waals surface area contributed by atoms with Gasteiger partial charge in [0.1, 0.15) is 0 Å². The van der Waals surface area contributed by atoms with Gasteiger partial charge in [0.15, 0.2) is 0 Å². The van der Waals surface area contributed by atoms with E-state index >= 15 is 0 Å². The minimum absolute atomic E-state index is 0.0458. The Hall–Kier alpha value is -1.95. The van der Waals surface area contributed by atoms with Gasteiger partial charge in [0.25, 0.3) is 0 Å². The highest BCUT2D eigenvalue weighted by Gasteiger charge is 2.46. The third kappa shape index (κ3) is 3.85. The summed E-state index contributed by atoms with van der Waals surface area (Å²) in [4.78, 5) is 5.69. The Balaban J connectivity index is 1.31. The van der Waals surface area contributed by atoms with E-state index in [2.05, 4.69) is 65.2 Å². The first-order valence-electron chi connectivity index (χ1n) is 12.1. The molecule has 2 aromatic heterocycles. The number of hydrogen-bond acceptors (Lipinski definition) is 4. The van der Waals surface area contributed by atoms with E-state index in [4.69, 9.17) is 4.74 Å². The van der Waals surface area contributed by atoms with Crippen molar-refractivity contribution in [3.63, 3.8) is 0 Å². The monoisotopic (exact) mass is 450 g/mol. The summed E-state index contributed by atoms with van der Waals surface area (Å²) in [6.07, 6.45) is 9.79. The van der Waals surface area contributed by atoms with Crippen molar-refractivity contribution < 1.29 is 9.84 Å². The molecule has 1 aliphatic heterocycles. The van der Waals surface area contributed by atoms with Crippen LogP contribution in [0.15, 0.2) is 54.3 Å². The lowest BCUT2D eigenvalue weighted by Gasteiger charge is -2.48. The van der Waals surface area contributed by atoms with E-state index in [1.54, 1.807) is 11.3 Å². The molecule has 1 aliphatic carbocycles. The lowest BCUT2D eigenvalue weighted by atomic mass is 9.60. The molecule has 0 spiro atoms. The van der Waals surface area contributed by atoms with Crippen LogP contribution in [0.1, 0.15) is 68.9 Å². The summed E-state index contributed by atoms with van der Waals surface area (Å²) >= 11 is 1.76. The number of rotatable bonds is 8. The molecule has 3 atom stereocenters. The molecule has 0 radical (unpaired) electrons. The Morgan fingerprint density at radius 1 is 1.22 bits per heavy atom. The number of benzene rings is 1. The number of imidazole rings is 1. The Labute approximate surface area is 195 Å². The van der Waals surface area contributed by atoms with Crippen LogP contribution in [-0.2, 0) is 11.3 Å². The molecule has 32 heavy (non-hydrogen) atoms. The second-order valence-electron chi connectivity index (χ2n) is 9.67. The molecule has 5 heteroatoms. The zero-order valence-electron chi connectivity index (χ0n) is 19.1. The summed E-state index contributed by atoms with van der Waals surface area (Å²) in [6.45, 7) is 5.31. The van der Waals surface area contributed by atoms with E-state index in [9.17, 15) is 5.11 Å². The number of hydrogen-bond donors (Lipinski definition) is 1. The zero-order chi connectivity index (χ0) is 22.1. The molecular formula is C27H34N2O2S. The first-order chi connectivity index (χ1) is 15.6. The van der Waals surface area contributed by atoms with Crippen molar-refractivity contribution >= 4 is 11.3 Å². The summed E-state index contributed by atoms with van der Waals surface area (Å²) < 4.78 is 8.50. The fourth-order valence-corrected chi connectivity index (χ4v) is 6.70. The van der Waals surface area contributed by atoms with Crippen LogP contribution in [0, 0.1) is 11.3 Å². The fraction of sp³-hybridized carbons (Fsp3) is 0.519. The van der Waals surface area contributed by atoms with E-state index in [1.165, 1.54) is 21.7 Å². The number of ether oxygens (including phenoxy) is 1. The van der Waals surface area contributed by atoms with Gasteiger partial charge in [0, 0.05) is 10.4 Å². The topological polar surface area (TPSA) is 47.3 Å². The molecule has 3 unspecified atom stereocenters. The molecule has 170 valence electrons. The Morgan fingerprint density at radius 2 is 2.03 bits per heavy atom. The molecule has 2 aliphatic rings. The summed E-state index contributed by atoms with van der Waals surface area (Å²) in [5.74, 6) is 0.481. The van der Waals surface area contributed by atoms with Gasteiger partial charge in [-0.1, -0.05) is 50.6 Å². The number of fused-ring (bicyclic) bond motifs is 3. The predicted molar refractivity (Wildman–Crippen MR) is 130 cm³/mol. The molecule has 3 heterocycles. The van der Waals surface area contributed by atoms with Crippen LogP contribution in [0.4, 0.5) is 0 Å². The van der Waals surface area contributed by atoms with Gasteiger partial charge < -0.3 is 14.4 Å². The number of aliphatic hydroxyl groups is 1. The zero-order valence-corrected chi connectivity index (χ0v) is 19.9. The average molecular weight is 451 g/mol. The van der Waals surface area contributed by atoms with Crippen LogP contribution in [0.5, 0.6) is 0 Å². The van der Waals surface area contributed by atoms with Gasteiger partial charge in [-0.25, -0.2) is 4.98 Å². The molecule has 1 saturated carbocycles. The number of aromatic nitrogens is 2.